The highest BCUT2D eigenvalue weighted by Gasteiger charge is 2.07. The van der Waals surface area contributed by atoms with Crippen LogP contribution in [-0.4, -0.2) is 25.5 Å². The van der Waals surface area contributed by atoms with Gasteiger partial charge < -0.3 is 9.47 Å². The van der Waals surface area contributed by atoms with Crippen LogP contribution in [0.3, 0.4) is 0 Å². The summed E-state index contributed by atoms with van der Waals surface area (Å²) in [7, 11) is 1.60. The smallest absolute Gasteiger partial charge is 0.269 e. The van der Waals surface area contributed by atoms with Crippen molar-refractivity contribution < 1.29 is 19.1 Å². The molecule has 0 heterocycles. The molecule has 0 bridgehead atoms. The highest BCUT2D eigenvalue weighted by Crippen LogP contribution is 2.17. The number of ether oxygens (including phenoxy) is 2. The Labute approximate surface area is 151 Å². The third-order valence-corrected chi connectivity index (χ3v) is 3.55. The summed E-state index contributed by atoms with van der Waals surface area (Å²) in [6, 6.07) is 13.6. The topological polar surface area (TPSA) is 76.7 Å². The van der Waals surface area contributed by atoms with E-state index in [1.54, 1.807) is 55.6 Å². The van der Waals surface area contributed by atoms with Crippen molar-refractivity contribution >= 4 is 23.4 Å². The van der Waals surface area contributed by atoms with Crippen LogP contribution in [0.15, 0.2) is 48.5 Å². The molecule has 2 N–H and O–H groups in total. The Bertz CT molecular complexity index is 702. The van der Waals surface area contributed by atoms with Crippen LogP contribution in [-0.2, 0) is 4.79 Å². The third-order valence-electron chi connectivity index (χ3n) is 3.30. The van der Waals surface area contributed by atoms with Gasteiger partial charge >= 0.3 is 0 Å². The number of halogens is 1. The molecule has 2 rings (SSSR count). The minimum absolute atomic E-state index is 0.233. The fraction of sp³-hybridized carbons (Fsp3) is 0.222. The first kappa shape index (κ1) is 18.6. The Morgan fingerprint density at radius 1 is 0.960 bits per heavy atom. The SMILES string of the molecule is COc1ccc(OCCCC(=O)NNC(=O)c2ccc(Cl)cc2)cc1. The van der Waals surface area contributed by atoms with Crippen LogP contribution in [0.1, 0.15) is 23.2 Å². The van der Waals surface area contributed by atoms with Crippen molar-refractivity contribution in [2.45, 2.75) is 12.8 Å². The van der Waals surface area contributed by atoms with Crippen molar-refractivity contribution in [1.82, 2.24) is 10.9 Å². The lowest BCUT2D eigenvalue weighted by atomic mass is 10.2. The molecule has 25 heavy (non-hydrogen) atoms. The quantitative estimate of drug-likeness (QED) is 0.586. The summed E-state index contributed by atoms with van der Waals surface area (Å²) in [5.74, 6) is 0.764. The molecule has 0 aliphatic carbocycles. The van der Waals surface area contributed by atoms with Crippen LogP contribution in [0, 0.1) is 0 Å². The molecule has 7 heteroatoms. The average molecular weight is 363 g/mol. The van der Waals surface area contributed by atoms with Gasteiger partial charge in [-0.25, -0.2) is 0 Å². The van der Waals surface area contributed by atoms with Crippen molar-refractivity contribution in [2.24, 2.45) is 0 Å². The summed E-state index contributed by atoms with van der Waals surface area (Å²) in [5, 5.41) is 0.539. The Kier molecular flexibility index (Phi) is 7.10. The van der Waals surface area contributed by atoms with Crippen molar-refractivity contribution in [3.8, 4) is 11.5 Å². The molecule has 0 radical (unpaired) electrons. The fourth-order valence-electron chi connectivity index (χ4n) is 1.96. The maximum Gasteiger partial charge on any atom is 0.269 e. The maximum absolute atomic E-state index is 11.8. The number of hydrazine groups is 1. The van der Waals surface area contributed by atoms with Gasteiger partial charge in [-0.3, -0.25) is 20.4 Å². The first-order chi connectivity index (χ1) is 12.1. The second-order valence-corrected chi connectivity index (χ2v) is 5.57. The van der Waals surface area contributed by atoms with Gasteiger partial charge in [-0.1, -0.05) is 11.6 Å². The summed E-state index contributed by atoms with van der Waals surface area (Å²) in [4.78, 5) is 23.5. The maximum atomic E-state index is 11.8. The summed E-state index contributed by atoms with van der Waals surface area (Å²) in [6.07, 6.45) is 0.756. The van der Waals surface area contributed by atoms with E-state index in [1.165, 1.54) is 0 Å². The van der Waals surface area contributed by atoms with Gasteiger partial charge in [-0.05, 0) is 55.0 Å². The number of methoxy groups -OCH3 is 1. The highest BCUT2D eigenvalue weighted by atomic mass is 35.5. The van der Waals surface area contributed by atoms with Crippen LogP contribution < -0.4 is 20.3 Å². The molecule has 0 aromatic heterocycles. The molecule has 2 aromatic carbocycles. The van der Waals surface area contributed by atoms with Crippen LogP contribution in [0.5, 0.6) is 11.5 Å². The number of carbonyl (C=O) groups excluding carboxylic acids is 2. The van der Waals surface area contributed by atoms with Gasteiger partial charge in [0, 0.05) is 17.0 Å². The molecule has 132 valence electrons. The normalized spacial score (nSPS) is 10.0. The van der Waals surface area contributed by atoms with Crippen molar-refractivity contribution in [1.29, 1.82) is 0 Å². The van der Waals surface area contributed by atoms with Crippen LogP contribution in [0.4, 0.5) is 0 Å². The van der Waals surface area contributed by atoms with Gasteiger partial charge in [0.05, 0.1) is 13.7 Å². The first-order valence-electron chi connectivity index (χ1n) is 7.70. The molecule has 2 aromatic rings. The lowest BCUT2D eigenvalue weighted by molar-refractivity contribution is -0.122. The standard InChI is InChI=1S/C18H19ClN2O4/c1-24-15-8-10-16(11-9-15)25-12-2-3-17(22)20-21-18(23)13-4-6-14(19)7-5-13/h4-11H,2-3,12H2,1H3,(H,20,22)(H,21,23). The molecular weight excluding hydrogens is 344 g/mol. The number of carbonyl (C=O) groups is 2. The minimum Gasteiger partial charge on any atom is -0.497 e. The first-order valence-corrected chi connectivity index (χ1v) is 8.08. The molecule has 0 aliphatic rings. The average Bonchev–Trinajstić information content (AvgIpc) is 2.64. The largest absolute Gasteiger partial charge is 0.497 e. The van der Waals surface area contributed by atoms with Crippen LogP contribution >= 0.6 is 11.6 Å². The van der Waals surface area contributed by atoms with E-state index in [4.69, 9.17) is 21.1 Å². The molecule has 0 spiro atoms. The Morgan fingerprint density at radius 3 is 2.24 bits per heavy atom. The molecule has 0 aliphatic heterocycles. The van der Waals surface area contributed by atoms with E-state index in [2.05, 4.69) is 10.9 Å². The van der Waals surface area contributed by atoms with Gasteiger partial charge in [0.25, 0.3) is 5.91 Å². The number of amides is 2. The van der Waals surface area contributed by atoms with E-state index in [0.29, 0.717) is 29.4 Å². The minimum atomic E-state index is -0.403. The zero-order valence-electron chi connectivity index (χ0n) is 13.8. The zero-order valence-corrected chi connectivity index (χ0v) is 14.5. The summed E-state index contributed by atoms with van der Waals surface area (Å²) in [6.45, 7) is 0.394. The summed E-state index contributed by atoms with van der Waals surface area (Å²) < 4.78 is 10.6. The van der Waals surface area contributed by atoms with Crippen molar-refractivity contribution in [3.05, 3.63) is 59.1 Å². The molecule has 6 nitrogen and oxygen atoms in total. The van der Waals surface area contributed by atoms with Crippen molar-refractivity contribution in [3.63, 3.8) is 0 Å². The number of nitrogens with one attached hydrogen (secondary N) is 2. The van der Waals surface area contributed by atoms with E-state index in [0.717, 1.165) is 5.75 Å². The zero-order chi connectivity index (χ0) is 18.1. The highest BCUT2D eigenvalue weighted by molar-refractivity contribution is 6.30. The summed E-state index contributed by atoms with van der Waals surface area (Å²) >= 11 is 5.75. The van der Waals surface area contributed by atoms with Crippen LogP contribution in [0.2, 0.25) is 5.02 Å². The third kappa shape index (κ3) is 6.35. The molecule has 0 fully saturated rings. The second kappa shape index (κ2) is 9.54. The predicted octanol–water partition coefficient (Wildman–Crippen LogP) is 2.97. The number of hydrogen-bond donors (Lipinski definition) is 2. The molecule has 0 unspecified atom stereocenters. The Balaban J connectivity index is 1.63. The summed E-state index contributed by atoms with van der Waals surface area (Å²) in [5.41, 5.74) is 5.13. The number of hydrogen-bond acceptors (Lipinski definition) is 4. The Morgan fingerprint density at radius 2 is 1.60 bits per heavy atom. The van der Waals surface area contributed by atoms with E-state index in [9.17, 15) is 9.59 Å². The van der Waals surface area contributed by atoms with Crippen LogP contribution in [0.25, 0.3) is 0 Å². The lowest BCUT2D eigenvalue weighted by Crippen LogP contribution is -2.41. The van der Waals surface area contributed by atoms with Crippen molar-refractivity contribution in [2.75, 3.05) is 13.7 Å². The second-order valence-electron chi connectivity index (χ2n) is 5.14. The number of rotatable bonds is 7. The molecule has 2 amide bonds. The van der Waals surface area contributed by atoms with Gasteiger partial charge in [-0.2, -0.15) is 0 Å². The van der Waals surface area contributed by atoms with Gasteiger partial charge in [-0.15, -0.1) is 0 Å². The van der Waals surface area contributed by atoms with E-state index in [1.807, 2.05) is 0 Å². The molecule has 0 saturated carbocycles. The van der Waals surface area contributed by atoms with E-state index < -0.39 is 5.91 Å². The lowest BCUT2D eigenvalue weighted by Gasteiger charge is -2.09. The number of benzene rings is 2. The molecule has 0 saturated heterocycles. The molecular formula is C18H19ClN2O4. The van der Waals surface area contributed by atoms with E-state index in [-0.39, 0.29) is 12.3 Å². The van der Waals surface area contributed by atoms with Gasteiger partial charge in [0.15, 0.2) is 0 Å². The van der Waals surface area contributed by atoms with Gasteiger partial charge in [0.2, 0.25) is 5.91 Å². The molecule has 0 atom stereocenters. The van der Waals surface area contributed by atoms with Gasteiger partial charge in [0.1, 0.15) is 11.5 Å². The fourth-order valence-corrected chi connectivity index (χ4v) is 2.08. The Hall–Kier alpha value is -2.73. The predicted molar refractivity (Wildman–Crippen MR) is 94.8 cm³/mol. The van der Waals surface area contributed by atoms with E-state index >= 15 is 0 Å². The monoisotopic (exact) mass is 362 g/mol.